The number of unbranched alkanes of at least 4 members (excludes halogenated alkanes) is 1. The molecule has 0 bridgehead atoms. The van der Waals surface area contributed by atoms with Crippen molar-refractivity contribution in [1.29, 1.82) is 0 Å². The van der Waals surface area contributed by atoms with Gasteiger partial charge in [-0.25, -0.2) is 12.8 Å². The molecule has 2 aromatic rings. The average Bonchev–Trinajstić information content (AvgIpc) is 3.16. The van der Waals surface area contributed by atoms with Crippen LogP contribution in [0, 0.1) is 0 Å². The molecule has 1 heterocycles. The zero-order valence-corrected chi connectivity index (χ0v) is 16.6. The highest BCUT2D eigenvalue weighted by Gasteiger charge is 2.29. The molecule has 0 amide bonds. The molecule has 1 aliphatic heterocycles. The molecule has 0 atom stereocenters. The first-order valence-corrected chi connectivity index (χ1v) is 11.9. The Bertz CT molecular complexity index is 802. The predicted octanol–water partition coefficient (Wildman–Crippen LogP) is 4.25. The number of hydrogen-bond donors (Lipinski definition) is 0. The first-order chi connectivity index (χ1) is 12.5. The van der Waals surface area contributed by atoms with Crippen molar-refractivity contribution >= 4 is 31.8 Å². The summed E-state index contributed by atoms with van der Waals surface area (Å²) >= 11 is 0. The molecular weight excluding hydrogens is 375 g/mol. The van der Waals surface area contributed by atoms with E-state index in [1.54, 1.807) is 4.90 Å². The number of ether oxygens (including phenoxy) is 1. The van der Waals surface area contributed by atoms with Crippen molar-refractivity contribution < 1.29 is 22.1 Å². The van der Waals surface area contributed by atoms with Gasteiger partial charge in [0, 0.05) is 21.7 Å². The van der Waals surface area contributed by atoms with Gasteiger partial charge in [-0.1, -0.05) is 31.5 Å². The molecule has 2 aromatic carbocycles. The molecule has 0 radical (unpaired) electrons. The molecule has 0 saturated carbocycles. The molecule has 4 nitrogen and oxygen atoms in total. The molecule has 0 aromatic heterocycles. The van der Waals surface area contributed by atoms with E-state index in [0.717, 1.165) is 18.8 Å². The Labute approximate surface area is 157 Å². The van der Waals surface area contributed by atoms with E-state index in [4.69, 9.17) is 17.7 Å². The molecule has 0 aliphatic carbocycles. The van der Waals surface area contributed by atoms with Crippen LogP contribution in [0.1, 0.15) is 32.6 Å². The summed E-state index contributed by atoms with van der Waals surface area (Å²) < 4.78 is 43.8. The minimum absolute atomic E-state index is 0.464. The van der Waals surface area contributed by atoms with Gasteiger partial charge in [0.05, 0.1) is 6.61 Å². The molecule has 1 fully saturated rings. The lowest BCUT2D eigenvalue weighted by atomic mass is 10.1. The maximum Gasteiger partial charge on any atom is 0.179 e. The lowest BCUT2D eigenvalue weighted by molar-refractivity contribution is 0.313. The van der Waals surface area contributed by atoms with Gasteiger partial charge < -0.3 is 9.29 Å². The maximum absolute atomic E-state index is 10.6. The number of rotatable bonds is 6. The summed E-state index contributed by atoms with van der Waals surface area (Å²) in [5.74, 6) is 3.81. The van der Waals surface area contributed by atoms with E-state index >= 15 is 0 Å². The van der Waals surface area contributed by atoms with Crippen LogP contribution in [0.2, 0.25) is 0 Å². The lowest BCUT2D eigenvalue weighted by Gasteiger charge is -2.11. The van der Waals surface area contributed by atoms with E-state index in [0.29, 0.717) is 10.9 Å². The van der Waals surface area contributed by atoms with Crippen LogP contribution in [-0.4, -0.2) is 37.1 Å². The van der Waals surface area contributed by atoms with Gasteiger partial charge >= 0.3 is 0 Å². The number of benzene rings is 2. The summed E-state index contributed by atoms with van der Waals surface area (Å²) in [5, 5.41) is 2.70. The van der Waals surface area contributed by atoms with Crippen molar-refractivity contribution in [3.8, 4) is 5.75 Å². The second-order valence-electron chi connectivity index (χ2n) is 6.08. The smallest absolute Gasteiger partial charge is 0.179 e. The third-order valence-electron chi connectivity index (χ3n) is 4.08. The second kappa shape index (κ2) is 10.1. The Morgan fingerprint density at radius 2 is 1.73 bits per heavy atom. The molecule has 0 unspecified atom stereocenters. The minimum atomic E-state index is -4.58. The Morgan fingerprint density at radius 1 is 1.12 bits per heavy atom. The SMILES string of the molecule is CCCCOc1ccc([S+]2CCCC2)c2ccccc12.O=S(=O)([O-])CF. The van der Waals surface area contributed by atoms with Crippen molar-refractivity contribution in [1.82, 2.24) is 0 Å². The summed E-state index contributed by atoms with van der Waals surface area (Å²) in [7, 11) is -4.12. The van der Waals surface area contributed by atoms with Crippen molar-refractivity contribution in [2.75, 3.05) is 24.1 Å². The molecule has 0 spiro atoms. The summed E-state index contributed by atoms with van der Waals surface area (Å²) in [6, 6.07) is 11.4. The van der Waals surface area contributed by atoms with Crippen LogP contribution in [0.15, 0.2) is 41.3 Å². The molecule has 7 heteroatoms. The molecule has 3 rings (SSSR count). The van der Waals surface area contributed by atoms with Crippen LogP contribution in [0.5, 0.6) is 5.75 Å². The zero-order valence-electron chi connectivity index (χ0n) is 14.9. The van der Waals surface area contributed by atoms with Crippen LogP contribution < -0.4 is 4.74 Å². The standard InChI is InChI=1S/C18H23OS.CH3FO3S/c1-2-3-12-19-17-10-11-18(20-13-6-7-14-20)16-9-5-4-8-15(16)17;2-1-6(3,4)5/h4-5,8-11H,2-3,6-7,12-14H2,1H3;1H2,(H,3,4,5)/q+1;/p-1. The summed E-state index contributed by atoms with van der Waals surface area (Å²) in [5.41, 5.74) is 0. The highest BCUT2D eigenvalue weighted by Crippen LogP contribution is 2.34. The third kappa shape index (κ3) is 6.14. The highest BCUT2D eigenvalue weighted by molar-refractivity contribution is 7.97. The topological polar surface area (TPSA) is 66.4 Å². The Hall–Kier alpha value is -1.31. The van der Waals surface area contributed by atoms with Gasteiger partial charge in [0.15, 0.2) is 10.9 Å². The van der Waals surface area contributed by atoms with Gasteiger partial charge in [-0.2, -0.15) is 0 Å². The maximum atomic E-state index is 10.6. The normalized spacial score (nSPS) is 14.9. The van der Waals surface area contributed by atoms with Crippen LogP contribution in [0.4, 0.5) is 4.39 Å². The third-order valence-corrected chi connectivity index (χ3v) is 6.88. The fourth-order valence-electron chi connectivity index (χ4n) is 2.82. The quantitative estimate of drug-likeness (QED) is 0.413. The van der Waals surface area contributed by atoms with Crippen LogP contribution >= 0.6 is 0 Å². The van der Waals surface area contributed by atoms with Gasteiger partial charge in [0.1, 0.15) is 27.4 Å². The second-order valence-corrected chi connectivity index (χ2v) is 9.66. The fourth-order valence-corrected chi connectivity index (χ4v) is 5.32. The molecular formula is C19H25FO4S2. The molecule has 26 heavy (non-hydrogen) atoms. The Morgan fingerprint density at radius 3 is 2.31 bits per heavy atom. The van der Waals surface area contributed by atoms with Crippen LogP contribution in [-0.2, 0) is 21.0 Å². The number of fused-ring (bicyclic) bond motifs is 1. The number of hydrogen-bond acceptors (Lipinski definition) is 4. The number of halogens is 1. The van der Waals surface area contributed by atoms with Crippen LogP contribution in [0.3, 0.4) is 0 Å². The first kappa shape index (κ1) is 21.0. The van der Waals surface area contributed by atoms with Gasteiger partial charge in [-0.05, 0) is 37.5 Å². The predicted molar refractivity (Wildman–Crippen MR) is 105 cm³/mol. The Balaban J connectivity index is 0.000000352. The van der Waals surface area contributed by atoms with E-state index in [1.165, 1.54) is 41.5 Å². The van der Waals surface area contributed by atoms with Crippen molar-refractivity contribution in [3.63, 3.8) is 0 Å². The van der Waals surface area contributed by atoms with Gasteiger partial charge in [0.25, 0.3) is 0 Å². The van der Waals surface area contributed by atoms with Gasteiger partial charge in [-0.15, -0.1) is 0 Å². The number of alkyl halides is 1. The van der Waals surface area contributed by atoms with Crippen molar-refractivity contribution in [3.05, 3.63) is 36.4 Å². The summed E-state index contributed by atoms with van der Waals surface area (Å²) in [6.07, 6.45) is 5.10. The molecule has 144 valence electrons. The Kier molecular flexibility index (Phi) is 8.18. The average molecular weight is 401 g/mol. The molecule has 1 aliphatic rings. The van der Waals surface area contributed by atoms with E-state index < -0.39 is 16.1 Å². The molecule has 0 N–H and O–H groups in total. The van der Waals surface area contributed by atoms with Crippen LogP contribution in [0.25, 0.3) is 10.8 Å². The highest BCUT2D eigenvalue weighted by atomic mass is 32.2. The van der Waals surface area contributed by atoms with E-state index in [-0.39, 0.29) is 0 Å². The van der Waals surface area contributed by atoms with E-state index in [9.17, 15) is 4.39 Å². The fraction of sp³-hybridized carbons (Fsp3) is 0.474. The van der Waals surface area contributed by atoms with Gasteiger partial charge in [0.2, 0.25) is 0 Å². The summed E-state index contributed by atoms with van der Waals surface area (Å²) in [4.78, 5) is 1.56. The molecule has 1 saturated heterocycles. The van der Waals surface area contributed by atoms with E-state index in [2.05, 4.69) is 43.3 Å². The van der Waals surface area contributed by atoms with Gasteiger partial charge in [-0.3, -0.25) is 0 Å². The van der Waals surface area contributed by atoms with Crippen molar-refractivity contribution in [2.45, 2.75) is 37.5 Å². The minimum Gasteiger partial charge on any atom is -0.746 e. The summed E-state index contributed by atoms with van der Waals surface area (Å²) in [6.45, 7) is 3.03. The van der Waals surface area contributed by atoms with Crippen molar-refractivity contribution in [2.24, 2.45) is 0 Å². The van der Waals surface area contributed by atoms with E-state index in [1.807, 2.05) is 0 Å². The lowest BCUT2D eigenvalue weighted by Crippen LogP contribution is -2.05. The first-order valence-electron chi connectivity index (χ1n) is 8.78. The zero-order chi connectivity index (χ0) is 19.0. The monoisotopic (exact) mass is 400 g/mol. The largest absolute Gasteiger partial charge is 0.746 e.